The number of rotatable bonds is 4. The second kappa shape index (κ2) is 5.22. The Morgan fingerprint density at radius 1 is 1.31 bits per heavy atom. The Morgan fingerprint density at radius 2 is 1.88 bits per heavy atom. The average Bonchev–Trinajstić information content (AvgIpc) is 2.26. The van der Waals surface area contributed by atoms with Gasteiger partial charge in [-0.3, -0.25) is 4.79 Å². The number of carbonyl (C=O) groups is 2. The highest BCUT2D eigenvalue weighted by molar-refractivity contribution is 5.94. The number of carboxylic acid groups (broad SMARTS) is 1. The van der Waals surface area contributed by atoms with Crippen LogP contribution in [0.4, 0.5) is 4.39 Å². The fraction of sp³-hybridized carbons (Fsp3) is 0.200. The molecule has 1 unspecified atom stereocenters. The summed E-state index contributed by atoms with van der Waals surface area (Å²) in [5, 5.41) is 19.5. The van der Waals surface area contributed by atoms with Gasteiger partial charge in [0.25, 0.3) is 5.91 Å². The Hall–Kier alpha value is -1.95. The molecule has 0 aliphatic heterocycles. The summed E-state index contributed by atoms with van der Waals surface area (Å²) >= 11 is 0. The summed E-state index contributed by atoms with van der Waals surface area (Å²) in [6.07, 6.45) is -1.65. The van der Waals surface area contributed by atoms with Gasteiger partial charge in [-0.25, -0.2) is 9.18 Å². The average molecular weight is 227 g/mol. The molecule has 0 saturated carbocycles. The van der Waals surface area contributed by atoms with E-state index in [2.05, 4.69) is 5.32 Å². The molecule has 0 aliphatic rings. The first-order valence-corrected chi connectivity index (χ1v) is 4.45. The van der Waals surface area contributed by atoms with Crippen molar-refractivity contribution in [3.8, 4) is 0 Å². The molecule has 0 fully saturated rings. The molecule has 0 aromatic heterocycles. The van der Waals surface area contributed by atoms with E-state index in [1.807, 2.05) is 0 Å². The van der Waals surface area contributed by atoms with Crippen LogP contribution >= 0.6 is 0 Å². The van der Waals surface area contributed by atoms with Crippen molar-refractivity contribution >= 4 is 11.9 Å². The maximum Gasteiger partial charge on any atom is 0.334 e. The Morgan fingerprint density at radius 3 is 2.38 bits per heavy atom. The second-order valence-electron chi connectivity index (χ2n) is 3.07. The third-order valence-corrected chi connectivity index (χ3v) is 1.85. The zero-order chi connectivity index (χ0) is 12.1. The molecule has 1 amide bonds. The lowest BCUT2D eigenvalue weighted by atomic mass is 10.2. The van der Waals surface area contributed by atoms with Crippen molar-refractivity contribution in [2.24, 2.45) is 0 Å². The second-order valence-corrected chi connectivity index (χ2v) is 3.07. The van der Waals surface area contributed by atoms with Gasteiger partial charge in [-0.2, -0.15) is 0 Å². The summed E-state index contributed by atoms with van der Waals surface area (Å²) in [5.74, 6) is -2.46. The van der Waals surface area contributed by atoms with E-state index in [0.29, 0.717) is 0 Å². The minimum Gasteiger partial charge on any atom is -0.479 e. The maximum absolute atomic E-state index is 12.5. The predicted octanol–water partition coefficient (Wildman–Crippen LogP) is 0.001000. The van der Waals surface area contributed by atoms with Crippen LogP contribution in [0.1, 0.15) is 10.4 Å². The van der Waals surface area contributed by atoms with Crippen LogP contribution in [0.25, 0.3) is 0 Å². The number of carboxylic acids is 1. The smallest absolute Gasteiger partial charge is 0.334 e. The highest BCUT2D eigenvalue weighted by Crippen LogP contribution is 2.02. The molecular formula is C10H10FNO4. The van der Waals surface area contributed by atoms with E-state index in [1.54, 1.807) is 0 Å². The quantitative estimate of drug-likeness (QED) is 0.675. The van der Waals surface area contributed by atoms with Crippen LogP contribution in [0.5, 0.6) is 0 Å². The summed E-state index contributed by atoms with van der Waals surface area (Å²) in [7, 11) is 0. The standard InChI is InChI=1S/C10H10FNO4/c11-7-3-1-6(2-4-7)9(14)12-5-8(13)10(15)16/h1-4,8,13H,5H2,(H,12,14)(H,15,16). The SMILES string of the molecule is O=C(NCC(O)C(=O)O)c1ccc(F)cc1. The van der Waals surface area contributed by atoms with Crippen molar-refractivity contribution < 1.29 is 24.2 Å². The number of hydrogen-bond donors (Lipinski definition) is 3. The molecule has 1 rings (SSSR count). The first kappa shape index (κ1) is 12.1. The van der Waals surface area contributed by atoms with Gasteiger partial charge in [0.2, 0.25) is 0 Å². The maximum atomic E-state index is 12.5. The summed E-state index contributed by atoms with van der Waals surface area (Å²) < 4.78 is 12.5. The van der Waals surface area contributed by atoms with Gasteiger partial charge in [0.15, 0.2) is 6.10 Å². The molecular weight excluding hydrogens is 217 g/mol. The lowest BCUT2D eigenvalue weighted by molar-refractivity contribution is -0.146. The summed E-state index contributed by atoms with van der Waals surface area (Å²) in [6.45, 7) is -0.397. The highest BCUT2D eigenvalue weighted by Gasteiger charge is 2.14. The fourth-order valence-corrected chi connectivity index (χ4v) is 0.980. The Bertz CT molecular complexity index is 390. The van der Waals surface area contributed by atoms with E-state index in [9.17, 15) is 14.0 Å². The molecule has 0 radical (unpaired) electrons. The highest BCUT2D eigenvalue weighted by atomic mass is 19.1. The van der Waals surface area contributed by atoms with Gasteiger partial charge >= 0.3 is 5.97 Å². The van der Waals surface area contributed by atoms with E-state index in [-0.39, 0.29) is 5.56 Å². The van der Waals surface area contributed by atoms with Crippen LogP contribution in [-0.4, -0.2) is 34.7 Å². The van der Waals surface area contributed by atoms with Gasteiger partial charge in [0.1, 0.15) is 5.82 Å². The molecule has 0 bridgehead atoms. The van der Waals surface area contributed by atoms with Gasteiger partial charge in [0.05, 0.1) is 6.54 Å². The van der Waals surface area contributed by atoms with Gasteiger partial charge in [-0.1, -0.05) is 0 Å². The zero-order valence-electron chi connectivity index (χ0n) is 8.18. The number of aliphatic hydroxyl groups excluding tert-OH is 1. The monoisotopic (exact) mass is 227 g/mol. The van der Waals surface area contributed by atoms with Gasteiger partial charge < -0.3 is 15.5 Å². The third-order valence-electron chi connectivity index (χ3n) is 1.85. The van der Waals surface area contributed by atoms with E-state index >= 15 is 0 Å². The van der Waals surface area contributed by atoms with Crippen LogP contribution in [0.15, 0.2) is 24.3 Å². The van der Waals surface area contributed by atoms with Crippen molar-refractivity contribution in [2.45, 2.75) is 6.10 Å². The minimum atomic E-state index is -1.65. The molecule has 0 spiro atoms. The zero-order valence-corrected chi connectivity index (χ0v) is 8.18. The van der Waals surface area contributed by atoms with E-state index in [1.165, 1.54) is 12.1 Å². The number of carbonyl (C=O) groups excluding carboxylic acids is 1. The van der Waals surface area contributed by atoms with Gasteiger partial charge in [-0.15, -0.1) is 0 Å². The van der Waals surface area contributed by atoms with Crippen LogP contribution in [0, 0.1) is 5.82 Å². The topological polar surface area (TPSA) is 86.6 Å². The molecule has 6 heteroatoms. The van der Waals surface area contributed by atoms with Crippen molar-refractivity contribution in [2.75, 3.05) is 6.54 Å². The van der Waals surface area contributed by atoms with E-state index < -0.39 is 30.3 Å². The number of amides is 1. The van der Waals surface area contributed by atoms with Crippen molar-refractivity contribution in [3.63, 3.8) is 0 Å². The summed E-state index contributed by atoms with van der Waals surface area (Å²) in [4.78, 5) is 21.6. The van der Waals surface area contributed by atoms with Gasteiger partial charge in [0, 0.05) is 5.56 Å². The summed E-state index contributed by atoms with van der Waals surface area (Å²) in [6, 6.07) is 4.75. The van der Waals surface area contributed by atoms with Crippen molar-refractivity contribution in [1.29, 1.82) is 0 Å². The lowest BCUT2D eigenvalue weighted by Gasteiger charge is -2.07. The Kier molecular flexibility index (Phi) is 3.96. The molecule has 0 saturated heterocycles. The number of hydrogen-bond acceptors (Lipinski definition) is 3. The number of benzene rings is 1. The number of nitrogens with one attached hydrogen (secondary N) is 1. The molecule has 1 aromatic carbocycles. The summed E-state index contributed by atoms with van der Waals surface area (Å²) in [5.41, 5.74) is 0.194. The Balaban J connectivity index is 2.53. The van der Waals surface area contributed by atoms with Crippen LogP contribution in [0.3, 0.4) is 0 Å². The van der Waals surface area contributed by atoms with Crippen molar-refractivity contribution in [1.82, 2.24) is 5.32 Å². The molecule has 1 aromatic rings. The normalized spacial score (nSPS) is 11.9. The molecule has 0 heterocycles. The van der Waals surface area contributed by atoms with Crippen LogP contribution in [0.2, 0.25) is 0 Å². The largest absolute Gasteiger partial charge is 0.479 e. The van der Waals surface area contributed by atoms with Crippen molar-refractivity contribution in [3.05, 3.63) is 35.6 Å². The van der Waals surface area contributed by atoms with Gasteiger partial charge in [-0.05, 0) is 24.3 Å². The minimum absolute atomic E-state index is 0.194. The lowest BCUT2D eigenvalue weighted by Crippen LogP contribution is -2.36. The van der Waals surface area contributed by atoms with E-state index in [4.69, 9.17) is 10.2 Å². The fourth-order valence-electron chi connectivity index (χ4n) is 0.980. The molecule has 1 atom stereocenters. The first-order valence-electron chi connectivity index (χ1n) is 4.45. The first-order chi connectivity index (χ1) is 7.50. The molecule has 5 nitrogen and oxygen atoms in total. The number of halogens is 1. The van der Waals surface area contributed by atoms with Crippen LogP contribution < -0.4 is 5.32 Å². The predicted molar refractivity (Wildman–Crippen MR) is 52.4 cm³/mol. The third kappa shape index (κ3) is 3.32. The molecule has 0 aliphatic carbocycles. The molecule has 3 N–H and O–H groups in total. The molecule has 16 heavy (non-hydrogen) atoms. The number of aliphatic hydroxyl groups is 1. The Labute approximate surface area is 90.5 Å². The molecule has 86 valence electrons. The van der Waals surface area contributed by atoms with Crippen LogP contribution in [-0.2, 0) is 4.79 Å². The van der Waals surface area contributed by atoms with E-state index in [0.717, 1.165) is 12.1 Å². The number of aliphatic carboxylic acids is 1.